The van der Waals surface area contributed by atoms with Crippen molar-refractivity contribution in [3.05, 3.63) is 64.1 Å². The lowest BCUT2D eigenvalue weighted by molar-refractivity contribution is -0.127. The molecule has 2 aromatic carbocycles. The van der Waals surface area contributed by atoms with Crippen LogP contribution in [0.15, 0.2) is 53.0 Å². The Bertz CT molecular complexity index is 860. The Morgan fingerprint density at radius 3 is 2.30 bits per heavy atom. The molecule has 160 valence electrons. The molecule has 0 radical (unpaired) electrons. The monoisotopic (exact) mass is 474 g/mol. The molecule has 1 heterocycles. The summed E-state index contributed by atoms with van der Waals surface area (Å²) in [6, 6.07) is 14.7. The largest absolute Gasteiger partial charge is 0.481 e. The normalized spacial score (nSPS) is 19.8. The predicted molar refractivity (Wildman–Crippen MR) is 118 cm³/mol. The fourth-order valence-electron chi connectivity index (χ4n) is 3.40. The molecule has 7 heteroatoms. The average Bonchev–Trinajstić information content (AvgIpc) is 2.72. The third-order valence-electron chi connectivity index (χ3n) is 4.87. The minimum atomic E-state index is -0.614. The van der Waals surface area contributed by atoms with Crippen molar-refractivity contribution in [3.8, 4) is 5.75 Å². The summed E-state index contributed by atoms with van der Waals surface area (Å²) >= 11 is 3.37. The van der Waals surface area contributed by atoms with Crippen LogP contribution >= 0.6 is 15.9 Å². The molecule has 0 aliphatic carbocycles. The first-order valence-electron chi connectivity index (χ1n) is 10.1. The number of morpholine rings is 1. The van der Waals surface area contributed by atoms with Crippen molar-refractivity contribution < 1.29 is 19.1 Å². The number of hydrogen-bond acceptors (Lipinski definition) is 4. The van der Waals surface area contributed by atoms with Crippen LogP contribution in [0.5, 0.6) is 5.75 Å². The second kappa shape index (κ2) is 10.1. The Kier molecular flexibility index (Phi) is 7.50. The van der Waals surface area contributed by atoms with E-state index in [4.69, 9.17) is 9.47 Å². The SMILES string of the molecule is CC1CN(C(=O)c2ccc(CNC(=O)C(C)Oc3ccc(Br)cc3)cc2)CC(C)O1. The summed E-state index contributed by atoms with van der Waals surface area (Å²) < 4.78 is 12.3. The highest BCUT2D eigenvalue weighted by molar-refractivity contribution is 9.10. The molecule has 0 saturated carbocycles. The van der Waals surface area contributed by atoms with E-state index in [1.165, 1.54) is 0 Å². The van der Waals surface area contributed by atoms with E-state index < -0.39 is 6.10 Å². The number of nitrogens with zero attached hydrogens (tertiary/aromatic N) is 1. The highest BCUT2D eigenvalue weighted by atomic mass is 79.9. The van der Waals surface area contributed by atoms with Gasteiger partial charge in [0.2, 0.25) is 0 Å². The Labute approximate surface area is 185 Å². The first-order valence-corrected chi connectivity index (χ1v) is 10.8. The van der Waals surface area contributed by atoms with E-state index >= 15 is 0 Å². The molecule has 1 saturated heterocycles. The first-order chi connectivity index (χ1) is 14.3. The molecule has 2 amide bonds. The van der Waals surface area contributed by atoms with Gasteiger partial charge < -0.3 is 19.7 Å². The number of halogens is 1. The van der Waals surface area contributed by atoms with Crippen LogP contribution in [0.4, 0.5) is 0 Å². The van der Waals surface area contributed by atoms with Gasteiger partial charge >= 0.3 is 0 Å². The van der Waals surface area contributed by atoms with E-state index in [0.717, 1.165) is 10.0 Å². The van der Waals surface area contributed by atoms with Gasteiger partial charge in [0.25, 0.3) is 11.8 Å². The van der Waals surface area contributed by atoms with Gasteiger partial charge in [-0.05, 0) is 62.7 Å². The van der Waals surface area contributed by atoms with E-state index in [0.29, 0.717) is 30.9 Å². The van der Waals surface area contributed by atoms with Crippen molar-refractivity contribution in [2.45, 2.75) is 45.6 Å². The van der Waals surface area contributed by atoms with Crippen molar-refractivity contribution >= 4 is 27.7 Å². The number of hydrogen-bond donors (Lipinski definition) is 1. The fraction of sp³-hybridized carbons (Fsp3) is 0.391. The maximum atomic E-state index is 12.7. The molecule has 1 aliphatic heterocycles. The maximum Gasteiger partial charge on any atom is 0.261 e. The van der Waals surface area contributed by atoms with Crippen LogP contribution in [0.25, 0.3) is 0 Å². The second-order valence-electron chi connectivity index (χ2n) is 7.60. The lowest BCUT2D eigenvalue weighted by atomic mass is 10.1. The molecule has 0 bridgehead atoms. The van der Waals surface area contributed by atoms with Crippen molar-refractivity contribution in [1.29, 1.82) is 0 Å². The predicted octanol–water partition coefficient (Wildman–Crippen LogP) is 3.78. The lowest BCUT2D eigenvalue weighted by Crippen LogP contribution is -2.48. The van der Waals surface area contributed by atoms with Crippen LogP contribution in [0.2, 0.25) is 0 Å². The molecule has 30 heavy (non-hydrogen) atoms. The second-order valence-corrected chi connectivity index (χ2v) is 8.51. The van der Waals surface area contributed by atoms with E-state index in [1.54, 1.807) is 31.2 Å². The van der Waals surface area contributed by atoms with Crippen LogP contribution in [0, 0.1) is 0 Å². The molecule has 6 nitrogen and oxygen atoms in total. The Morgan fingerprint density at radius 2 is 1.70 bits per heavy atom. The minimum Gasteiger partial charge on any atom is -0.481 e. The summed E-state index contributed by atoms with van der Waals surface area (Å²) in [7, 11) is 0. The van der Waals surface area contributed by atoms with Gasteiger partial charge in [0, 0.05) is 29.7 Å². The molecule has 1 aliphatic rings. The van der Waals surface area contributed by atoms with E-state index in [2.05, 4.69) is 21.2 Å². The number of carbonyl (C=O) groups excluding carboxylic acids is 2. The molecule has 1 N–H and O–H groups in total. The van der Waals surface area contributed by atoms with Crippen molar-refractivity contribution in [1.82, 2.24) is 10.2 Å². The average molecular weight is 475 g/mol. The van der Waals surface area contributed by atoms with Gasteiger partial charge in [0.1, 0.15) is 5.75 Å². The van der Waals surface area contributed by atoms with E-state index in [9.17, 15) is 9.59 Å². The van der Waals surface area contributed by atoms with Gasteiger partial charge in [-0.3, -0.25) is 9.59 Å². The topological polar surface area (TPSA) is 67.9 Å². The van der Waals surface area contributed by atoms with Gasteiger partial charge in [0.15, 0.2) is 6.10 Å². The molecular weight excluding hydrogens is 448 g/mol. The molecule has 3 rings (SSSR count). The van der Waals surface area contributed by atoms with Gasteiger partial charge in [-0.25, -0.2) is 0 Å². The van der Waals surface area contributed by atoms with Crippen LogP contribution in [0.3, 0.4) is 0 Å². The zero-order valence-electron chi connectivity index (χ0n) is 17.4. The summed E-state index contributed by atoms with van der Waals surface area (Å²) in [5, 5.41) is 2.87. The zero-order chi connectivity index (χ0) is 21.7. The smallest absolute Gasteiger partial charge is 0.261 e. The molecule has 0 spiro atoms. The van der Waals surface area contributed by atoms with Gasteiger partial charge in [-0.1, -0.05) is 28.1 Å². The molecule has 1 fully saturated rings. The number of ether oxygens (including phenoxy) is 2. The summed E-state index contributed by atoms with van der Waals surface area (Å²) in [5.74, 6) is 0.439. The van der Waals surface area contributed by atoms with Crippen LogP contribution < -0.4 is 10.1 Å². The standard InChI is InChI=1S/C23H27BrN2O4/c1-15-13-26(14-16(2)29-15)23(28)19-6-4-18(5-7-19)12-25-22(27)17(3)30-21-10-8-20(24)9-11-21/h4-11,15-17H,12-14H2,1-3H3,(H,25,27). The Hall–Kier alpha value is -2.38. The molecule has 3 unspecified atom stereocenters. The van der Waals surface area contributed by atoms with Crippen LogP contribution in [0.1, 0.15) is 36.7 Å². The molecule has 0 aromatic heterocycles. The zero-order valence-corrected chi connectivity index (χ0v) is 19.0. The number of amides is 2. The van der Waals surface area contributed by atoms with Gasteiger partial charge in [-0.2, -0.15) is 0 Å². The summed E-state index contributed by atoms with van der Waals surface area (Å²) in [5.41, 5.74) is 1.55. The van der Waals surface area contributed by atoms with Crippen LogP contribution in [-0.4, -0.2) is 48.1 Å². The molecule has 3 atom stereocenters. The highest BCUT2D eigenvalue weighted by Gasteiger charge is 2.26. The van der Waals surface area contributed by atoms with Gasteiger partial charge in [0.05, 0.1) is 12.2 Å². The number of rotatable bonds is 6. The Balaban J connectivity index is 1.50. The third kappa shape index (κ3) is 6.06. The Morgan fingerprint density at radius 1 is 1.10 bits per heavy atom. The van der Waals surface area contributed by atoms with Crippen molar-refractivity contribution in [2.24, 2.45) is 0 Å². The number of nitrogens with one attached hydrogen (secondary N) is 1. The van der Waals surface area contributed by atoms with Gasteiger partial charge in [-0.15, -0.1) is 0 Å². The highest BCUT2D eigenvalue weighted by Crippen LogP contribution is 2.18. The van der Waals surface area contributed by atoms with E-state index in [-0.39, 0.29) is 24.0 Å². The maximum absolute atomic E-state index is 12.7. The fourth-order valence-corrected chi connectivity index (χ4v) is 3.66. The minimum absolute atomic E-state index is 0.00380. The lowest BCUT2D eigenvalue weighted by Gasteiger charge is -2.35. The third-order valence-corrected chi connectivity index (χ3v) is 5.40. The summed E-state index contributed by atoms with van der Waals surface area (Å²) in [6.45, 7) is 7.22. The summed E-state index contributed by atoms with van der Waals surface area (Å²) in [4.78, 5) is 26.9. The molecular formula is C23H27BrN2O4. The van der Waals surface area contributed by atoms with Crippen molar-refractivity contribution in [3.63, 3.8) is 0 Å². The summed E-state index contributed by atoms with van der Waals surface area (Å²) in [6.07, 6.45) is -0.542. The first kappa shape index (κ1) is 22.3. The quantitative estimate of drug-likeness (QED) is 0.691. The molecule has 2 aromatic rings. The van der Waals surface area contributed by atoms with Crippen molar-refractivity contribution in [2.75, 3.05) is 13.1 Å². The van der Waals surface area contributed by atoms with Crippen LogP contribution in [-0.2, 0) is 16.1 Å². The number of benzene rings is 2. The number of carbonyl (C=O) groups is 2. The van der Waals surface area contributed by atoms with E-state index in [1.807, 2.05) is 43.0 Å².